The fourth-order valence-electron chi connectivity index (χ4n) is 9.69. The van der Waals surface area contributed by atoms with Gasteiger partial charge in [0.2, 0.25) is 17.7 Å². The van der Waals surface area contributed by atoms with E-state index in [1.165, 1.54) is 13.2 Å². The van der Waals surface area contributed by atoms with Crippen LogP contribution in [0.1, 0.15) is 63.9 Å². The maximum Gasteiger partial charge on any atom is 0.337 e. The molecule has 0 saturated heterocycles. The van der Waals surface area contributed by atoms with Gasteiger partial charge in [-0.15, -0.1) is 0 Å². The van der Waals surface area contributed by atoms with Crippen LogP contribution in [-0.4, -0.2) is 117 Å². The number of ketones is 1. The number of unbranched alkanes of at least 4 members (excludes halogenated alkanes) is 2. The van der Waals surface area contributed by atoms with Gasteiger partial charge in [0.15, 0.2) is 5.78 Å². The number of Topliss-reactive ketones (excluding diaryl/α,β-unsaturated/α-hetero) is 1. The first-order chi connectivity index (χ1) is 43.4. The summed E-state index contributed by atoms with van der Waals surface area (Å²) in [5.74, 6) is -2.31. The van der Waals surface area contributed by atoms with Gasteiger partial charge in [0, 0.05) is 30.3 Å². The summed E-state index contributed by atoms with van der Waals surface area (Å²) in [7, 11) is 3.08. The maximum absolute atomic E-state index is 13.5. The Balaban J connectivity index is 0.765. The minimum atomic E-state index is -1.05. The number of aromatic carboxylic acids is 1. The van der Waals surface area contributed by atoms with Crippen molar-refractivity contribution in [3.05, 3.63) is 204 Å². The number of para-hydroxylation sites is 3. The SMILES string of the molecule is COc1cc(-c2ccc(Nc3ccccc3C(=O)NCCOCCOCC(=O)NC(CCCCCC(=O)CNC(=O)/C(=C/c3ccccc3)c3ccccc3)C(=O)NCNC(=O)Cn3ccc4ccccc43)c(OC)c2)ccc1Nc1ccccc1C(=O)O. The summed E-state index contributed by atoms with van der Waals surface area (Å²) in [5.41, 5.74) is 7.16. The number of carbonyl (C=O) groups is 7. The normalized spacial score (nSPS) is 11.4. The van der Waals surface area contributed by atoms with Crippen LogP contribution in [0, 0.1) is 0 Å². The fourth-order valence-corrected chi connectivity index (χ4v) is 9.69. The Morgan fingerprint density at radius 3 is 1.88 bits per heavy atom. The average Bonchev–Trinajstić information content (AvgIpc) is 3.76. The van der Waals surface area contributed by atoms with Gasteiger partial charge in [0.1, 0.15) is 30.7 Å². The van der Waals surface area contributed by atoms with Crippen molar-refractivity contribution >= 4 is 86.6 Å². The molecule has 0 bridgehead atoms. The predicted molar refractivity (Wildman–Crippen MR) is 342 cm³/mol. The van der Waals surface area contributed by atoms with Crippen molar-refractivity contribution in [1.82, 2.24) is 31.2 Å². The lowest BCUT2D eigenvalue weighted by atomic mass is 10.0. The lowest BCUT2D eigenvalue weighted by Crippen LogP contribution is -2.50. The third kappa shape index (κ3) is 19.2. The van der Waals surface area contributed by atoms with Crippen molar-refractivity contribution in [2.24, 2.45) is 0 Å². The number of anilines is 4. The van der Waals surface area contributed by atoms with Gasteiger partial charge in [-0.2, -0.15) is 0 Å². The van der Waals surface area contributed by atoms with Gasteiger partial charge in [-0.1, -0.05) is 128 Å². The molecule has 20 nitrogen and oxygen atoms in total. The number of benzene rings is 7. The fraction of sp³-hybridized carbons (Fsp3) is 0.232. The lowest BCUT2D eigenvalue weighted by molar-refractivity contribution is -0.132. The number of amides is 5. The van der Waals surface area contributed by atoms with Crippen molar-refractivity contribution < 1.29 is 57.6 Å². The molecule has 460 valence electrons. The molecular formula is C69H72N8O12. The van der Waals surface area contributed by atoms with Gasteiger partial charge < -0.3 is 65.8 Å². The van der Waals surface area contributed by atoms with Gasteiger partial charge in [-0.25, -0.2) is 4.79 Å². The van der Waals surface area contributed by atoms with E-state index in [9.17, 15) is 38.7 Å². The van der Waals surface area contributed by atoms with Crippen molar-refractivity contribution in [1.29, 1.82) is 0 Å². The number of fused-ring (bicyclic) bond motifs is 1. The van der Waals surface area contributed by atoms with E-state index in [-0.39, 0.29) is 94.6 Å². The maximum atomic E-state index is 13.5. The minimum Gasteiger partial charge on any atom is -0.495 e. The largest absolute Gasteiger partial charge is 0.495 e. The van der Waals surface area contributed by atoms with E-state index < -0.39 is 23.8 Å². The zero-order valence-electron chi connectivity index (χ0n) is 49.6. The number of nitrogens with zero attached hydrogens (tertiary/aromatic N) is 1. The van der Waals surface area contributed by atoms with E-state index in [0.717, 1.165) is 33.2 Å². The molecule has 1 aromatic heterocycles. The molecule has 8 rings (SSSR count). The Morgan fingerprint density at radius 2 is 1.19 bits per heavy atom. The molecule has 0 aliphatic heterocycles. The molecule has 5 amide bonds. The van der Waals surface area contributed by atoms with Crippen LogP contribution < -0.4 is 46.7 Å². The number of hydrogen-bond donors (Lipinski definition) is 8. The van der Waals surface area contributed by atoms with Gasteiger partial charge >= 0.3 is 5.97 Å². The summed E-state index contributed by atoms with van der Waals surface area (Å²) in [5, 5.41) is 30.9. The number of methoxy groups -OCH3 is 2. The zero-order chi connectivity index (χ0) is 62.7. The molecule has 8 aromatic rings. The highest BCUT2D eigenvalue weighted by Gasteiger charge is 2.22. The molecule has 0 saturated carbocycles. The Hall–Kier alpha value is -10.6. The van der Waals surface area contributed by atoms with Gasteiger partial charge in [0.05, 0.1) is 81.1 Å². The van der Waals surface area contributed by atoms with Crippen molar-refractivity contribution in [2.45, 2.75) is 44.7 Å². The van der Waals surface area contributed by atoms with Gasteiger partial charge in [-0.05, 0) is 107 Å². The van der Waals surface area contributed by atoms with Gasteiger partial charge in [-0.3, -0.25) is 28.8 Å². The van der Waals surface area contributed by atoms with Crippen LogP contribution in [0.2, 0.25) is 0 Å². The molecule has 1 atom stereocenters. The number of hydrogen-bond acceptors (Lipinski definition) is 13. The molecule has 1 heterocycles. The molecule has 20 heteroatoms. The first-order valence-electron chi connectivity index (χ1n) is 29.1. The Morgan fingerprint density at radius 1 is 0.573 bits per heavy atom. The second kappa shape index (κ2) is 33.4. The first-order valence-corrected chi connectivity index (χ1v) is 29.1. The minimum absolute atomic E-state index is 0.0364. The summed E-state index contributed by atoms with van der Waals surface area (Å²) >= 11 is 0. The number of carbonyl (C=O) groups excluding carboxylic acids is 6. The topological polar surface area (TPSA) is 266 Å². The van der Waals surface area contributed by atoms with Crippen molar-refractivity contribution in [2.75, 3.05) is 71.0 Å². The Kier molecular flexibility index (Phi) is 24.2. The second-order valence-corrected chi connectivity index (χ2v) is 20.5. The third-order valence-electron chi connectivity index (χ3n) is 14.3. The summed E-state index contributed by atoms with van der Waals surface area (Å²) in [6, 6.07) is 52.0. The number of ether oxygens (including phenoxy) is 4. The number of carboxylic acid groups (broad SMARTS) is 1. The molecule has 7 aromatic carbocycles. The quantitative estimate of drug-likeness (QED) is 0.00808. The summed E-state index contributed by atoms with van der Waals surface area (Å²) < 4.78 is 24.5. The highest BCUT2D eigenvalue weighted by molar-refractivity contribution is 6.24. The number of nitrogens with one attached hydrogen (secondary N) is 7. The van der Waals surface area contributed by atoms with Crippen LogP contribution >= 0.6 is 0 Å². The molecule has 0 aliphatic rings. The Labute approximate surface area is 516 Å². The molecule has 0 spiro atoms. The highest BCUT2D eigenvalue weighted by atomic mass is 16.5. The van der Waals surface area contributed by atoms with E-state index in [1.807, 2.05) is 134 Å². The van der Waals surface area contributed by atoms with Crippen molar-refractivity contribution in [3.8, 4) is 22.6 Å². The summed E-state index contributed by atoms with van der Waals surface area (Å²) in [6.07, 6.45) is 5.55. The highest BCUT2D eigenvalue weighted by Crippen LogP contribution is 2.38. The average molecular weight is 1210 g/mol. The molecule has 89 heavy (non-hydrogen) atoms. The van der Waals surface area contributed by atoms with E-state index in [4.69, 9.17) is 18.9 Å². The summed E-state index contributed by atoms with van der Waals surface area (Å²) in [6.45, 7) is -0.200. The third-order valence-corrected chi connectivity index (χ3v) is 14.3. The van der Waals surface area contributed by atoms with Crippen LogP contribution in [0.3, 0.4) is 0 Å². The lowest BCUT2D eigenvalue weighted by Gasteiger charge is -2.19. The zero-order valence-corrected chi connectivity index (χ0v) is 49.6. The Bertz CT molecular complexity index is 3760. The number of carboxylic acids is 1. The second-order valence-electron chi connectivity index (χ2n) is 20.5. The molecule has 8 N–H and O–H groups in total. The molecule has 1 unspecified atom stereocenters. The standard InChI is InChI=1S/C69H72N8O12/c1-86-62-41-50(51-31-33-59(63(42-51)87-2)75-57-27-16-14-25-54(57)69(84)85)30-32-58(62)74-56-26-15-13-24-53(56)66(81)70-35-37-88-38-39-89-45-65(80)76-60(68(83)73-46-72-64(79)44-77-36-34-49-22-12-17-29-61(49)77)28-11-5-10-23-52(78)43-71-67(82)55(48-20-8-4-9-21-48)40-47-18-6-3-7-19-47/h3-4,6-9,12-22,24-27,29-34,36,40-42,60,74-75H,5,10-11,23,28,35,37-39,43-46H2,1-2H3,(H,70,81)(H,71,82)(H,72,79)(H,73,83)(H,76,80)(H,84,85)/b55-40+. The molecule has 0 radical (unpaired) electrons. The summed E-state index contributed by atoms with van der Waals surface area (Å²) in [4.78, 5) is 91.2. The molecular weight excluding hydrogens is 1130 g/mol. The molecule has 0 fully saturated rings. The van der Waals surface area contributed by atoms with E-state index >= 15 is 0 Å². The number of aromatic nitrogens is 1. The monoisotopic (exact) mass is 1200 g/mol. The van der Waals surface area contributed by atoms with E-state index in [0.29, 0.717) is 64.6 Å². The number of rotatable bonds is 34. The predicted octanol–water partition coefficient (Wildman–Crippen LogP) is 9.53. The molecule has 0 aliphatic carbocycles. The van der Waals surface area contributed by atoms with Gasteiger partial charge in [0.25, 0.3) is 11.8 Å². The van der Waals surface area contributed by atoms with Crippen LogP contribution in [0.5, 0.6) is 11.5 Å². The van der Waals surface area contributed by atoms with Crippen LogP contribution in [0.15, 0.2) is 182 Å². The van der Waals surface area contributed by atoms with E-state index in [1.54, 1.807) is 60.2 Å². The first kappa shape index (κ1) is 64.4. The van der Waals surface area contributed by atoms with Crippen LogP contribution in [-0.2, 0) is 40.0 Å². The smallest absolute Gasteiger partial charge is 0.337 e. The van der Waals surface area contributed by atoms with Crippen molar-refractivity contribution in [3.63, 3.8) is 0 Å². The van der Waals surface area contributed by atoms with E-state index in [2.05, 4.69) is 37.2 Å². The van der Waals surface area contributed by atoms with Crippen LogP contribution in [0.4, 0.5) is 22.7 Å². The van der Waals surface area contributed by atoms with Crippen LogP contribution in [0.25, 0.3) is 33.7 Å².